The molecule has 3 aromatic heterocycles. The number of carbonyl (C=O) groups is 1. The SMILES string of the molecule is O=C(c1nc(-c2cccnc2)no1)c1c(C(F)(F)F)n(Cc2ccc(Cl)cc2Cl)c2ccc(O)cc12. The summed E-state index contributed by atoms with van der Waals surface area (Å²) < 4.78 is 49.4. The van der Waals surface area contributed by atoms with E-state index in [0.717, 1.165) is 10.6 Å². The van der Waals surface area contributed by atoms with Crippen molar-refractivity contribution in [1.29, 1.82) is 0 Å². The molecule has 2 aromatic carbocycles. The van der Waals surface area contributed by atoms with Crippen LogP contribution in [0.4, 0.5) is 13.2 Å². The van der Waals surface area contributed by atoms with E-state index in [4.69, 9.17) is 27.7 Å². The Balaban J connectivity index is 1.71. The molecule has 0 unspecified atom stereocenters. The Hall–Kier alpha value is -3.89. The second-order valence-electron chi connectivity index (χ2n) is 7.74. The summed E-state index contributed by atoms with van der Waals surface area (Å²) in [5, 5.41) is 14.1. The fourth-order valence-electron chi connectivity index (χ4n) is 3.89. The number of pyridine rings is 1. The van der Waals surface area contributed by atoms with Gasteiger partial charge in [0.1, 0.15) is 11.4 Å². The second-order valence-corrected chi connectivity index (χ2v) is 8.58. The van der Waals surface area contributed by atoms with Crippen molar-refractivity contribution in [1.82, 2.24) is 19.7 Å². The first-order valence-electron chi connectivity index (χ1n) is 10.3. The van der Waals surface area contributed by atoms with Crippen LogP contribution in [0.5, 0.6) is 5.75 Å². The van der Waals surface area contributed by atoms with E-state index >= 15 is 0 Å². The first-order chi connectivity index (χ1) is 17.1. The maximum Gasteiger partial charge on any atom is 0.432 e. The van der Waals surface area contributed by atoms with Crippen LogP contribution in [0.25, 0.3) is 22.3 Å². The molecular formula is C24H13Cl2F3N4O3. The lowest BCUT2D eigenvalue weighted by molar-refractivity contribution is -0.143. The Morgan fingerprint density at radius 3 is 2.61 bits per heavy atom. The summed E-state index contributed by atoms with van der Waals surface area (Å²) in [5.41, 5.74) is -1.19. The molecule has 0 aliphatic rings. The molecule has 0 aliphatic heterocycles. The van der Waals surface area contributed by atoms with Crippen molar-refractivity contribution in [3.8, 4) is 17.1 Å². The van der Waals surface area contributed by atoms with E-state index in [-0.39, 0.29) is 34.0 Å². The zero-order chi connectivity index (χ0) is 25.6. The van der Waals surface area contributed by atoms with Crippen LogP contribution < -0.4 is 0 Å². The highest BCUT2D eigenvalue weighted by atomic mass is 35.5. The first-order valence-corrected chi connectivity index (χ1v) is 11.0. The van der Waals surface area contributed by atoms with E-state index in [9.17, 15) is 23.1 Å². The molecule has 0 saturated carbocycles. The average Bonchev–Trinajstić information content (AvgIpc) is 3.44. The fraction of sp³-hybridized carbons (Fsp3) is 0.0833. The van der Waals surface area contributed by atoms with Gasteiger partial charge in [0.2, 0.25) is 5.82 Å². The van der Waals surface area contributed by atoms with E-state index in [0.29, 0.717) is 16.1 Å². The molecule has 3 heterocycles. The number of ketones is 1. The molecule has 0 saturated heterocycles. The molecule has 12 heteroatoms. The third-order valence-electron chi connectivity index (χ3n) is 5.43. The number of aromatic hydroxyl groups is 1. The Labute approximate surface area is 210 Å². The van der Waals surface area contributed by atoms with Crippen molar-refractivity contribution in [3.63, 3.8) is 0 Å². The molecule has 36 heavy (non-hydrogen) atoms. The Morgan fingerprint density at radius 2 is 1.92 bits per heavy atom. The van der Waals surface area contributed by atoms with Crippen LogP contribution >= 0.6 is 23.2 Å². The monoisotopic (exact) mass is 532 g/mol. The molecule has 0 fully saturated rings. The number of aromatic nitrogens is 4. The van der Waals surface area contributed by atoms with Crippen LogP contribution in [0, 0.1) is 0 Å². The fourth-order valence-corrected chi connectivity index (χ4v) is 4.35. The standard InChI is InChI=1S/C24H13Cl2F3N4O3/c25-14-4-3-13(17(26)8-14)11-33-18-6-5-15(34)9-16(18)19(21(33)24(27,28)29)20(35)23-31-22(32-36-23)12-2-1-7-30-10-12/h1-10,34H,11H2. The number of fused-ring (bicyclic) bond motifs is 1. The third-order valence-corrected chi connectivity index (χ3v) is 6.01. The van der Waals surface area contributed by atoms with E-state index in [1.807, 2.05) is 0 Å². The molecule has 0 amide bonds. The number of phenols is 1. The minimum Gasteiger partial charge on any atom is -0.508 e. The molecular weight excluding hydrogens is 520 g/mol. The number of alkyl halides is 3. The van der Waals surface area contributed by atoms with E-state index in [2.05, 4.69) is 15.1 Å². The van der Waals surface area contributed by atoms with E-state index < -0.39 is 29.1 Å². The van der Waals surface area contributed by atoms with Crippen molar-refractivity contribution < 1.29 is 27.6 Å². The van der Waals surface area contributed by atoms with Crippen molar-refractivity contribution in [2.75, 3.05) is 0 Å². The molecule has 1 N–H and O–H groups in total. The van der Waals surface area contributed by atoms with Crippen LogP contribution in [-0.4, -0.2) is 30.6 Å². The topological polar surface area (TPSA) is 94.0 Å². The van der Waals surface area contributed by atoms with Gasteiger partial charge in [-0.3, -0.25) is 9.78 Å². The first kappa shape index (κ1) is 23.8. The molecule has 0 spiro atoms. The number of hydrogen-bond donors (Lipinski definition) is 1. The van der Waals surface area contributed by atoms with Crippen molar-refractivity contribution in [2.45, 2.75) is 12.7 Å². The summed E-state index contributed by atoms with van der Waals surface area (Å²) >= 11 is 12.1. The number of rotatable bonds is 5. The van der Waals surface area contributed by atoms with Gasteiger partial charge >= 0.3 is 6.18 Å². The highest BCUT2D eigenvalue weighted by Crippen LogP contribution is 2.41. The Morgan fingerprint density at radius 1 is 1.11 bits per heavy atom. The van der Waals surface area contributed by atoms with Crippen LogP contribution in [0.15, 0.2) is 65.4 Å². The lowest BCUT2D eigenvalue weighted by Crippen LogP contribution is -2.19. The van der Waals surface area contributed by atoms with E-state index in [1.165, 1.54) is 42.7 Å². The predicted molar refractivity (Wildman–Crippen MR) is 125 cm³/mol. The molecule has 0 atom stereocenters. The minimum atomic E-state index is -4.97. The van der Waals surface area contributed by atoms with Crippen LogP contribution in [0.3, 0.4) is 0 Å². The third kappa shape index (κ3) is 4.29. The number of benzene rings is 2. The molecule has 0 bridgehead atoms. The van der Waals surface area contributed by atoms with Gasteiger partial charge in [-0.1, -0.05) is 34.4 Å². The zero-order valence-electron chi connectivity index (χ0n) is 17.9. The number of hydrogen-bond acceptors (Lipinski definition) is 6. The minimum absolute atomic E-state index is 0.0143. The van der Waals surface area contributed by atoms with Gasteiger partial charge in [0, 0.05) is 45.5 Å². The number of phenolic OH excluding ortho intramolecular Hbond substituents is 1. The van der Waals surface area contributed by atoms with E-state index in [1.54, 1.807) is 12.1 Å². The molecule has 5 rings (SSSR count). The lowest BCUT2D eigenvalue weighted by atomic mass is 10.1. The maximum absolute atomic E-state index is 14.5. The summed E-state index contributed by atoms with van der Waals surface area (Å²) in [6.45, 7) is -0.329. The summed E-state index contributed by atoms with van der Waals surface area (Å²) in [7, 11) is 0. The van der Waals surface area contributed by atoms with Crippen molar-refractivity contribution in [2.24, 2.45) is 0 Å². The van der Waals surface area contributed by atoms with Crippen molar-refractivity contribution in [3.05, 3.63) is 93.7 Å². The number of halogens is 5. The second kappa shape index (κ2) is 8.96. The Bertz CT molecular complexity index is 1610. The van der Waals surface area contributed by atoms with Gasteiger partial charge in [0.15, 0.2) is 0 Å². The van der Waals surface area contributed by atoms with Gasteiger partial charge in [-0.25, -0.2) is 0 Å². The van der Waals surface area contributed by atoms with Gasteiger partial charge in [-0.05, 0) is 48.0 Å². The maximum atomic E-state index is 14.5. The van der Waals surface area contributed by atoms with Crippen LogP contribution in [0.2, 0.25) is 10.0 Å². The number of carbonyl (C=O) groups excluding carboxylic acids is 1. The average molecular weight is 533 g/mol. The summed E-state index contributed by atoms with van der Waals surface area (Å²) in [5.74, 6) is -2.14. The van der Waals surface area contributed by atoms with Crippen LogP contribution in [-0.2, 0) is 12.7 Å². The summed E-state index contributed by atoms with van der Waals surface area (Å²) in [4.78, 5) is 21.3. The molecule has 0 radical (unpaired) electrons. The summed E-state index contributed by atoms with van der Waals surface area (Å²) in [6, 6.07) is 11.2. The largest absolute Gasteiger partial charge is 0.508 e. The highest BCUT2D eigenvalue weighted by Gasteiger charge is 2.42. The molecule has 5 aromatic rings. The van der Waals surface area contributed by atoms with Gasteiger partial charge in [-0.15, -0.1) is 0 Å². The Kier molecular flexibility index (Phi) is 5.93. The normalized spacial score (nSPS) is 11.8. The molecule has 7 nitrogen and oxygen atoms in total. The van der Waals surface area contributed by atoms with Gasteiger partial charge in [0.25, 0.3) is 11.7 Å². The van der Waals surface area contributed by atoms with Crippen LogP contribution in [0.1, 0.15) is 27.5 Å². The predicted octanol–water partition coefficient (Wildman–Crippen LogP) is 6.40. The highest BCUT2D eigenvalue weighted by molar-refractivity contribution is 6.35. The molecule has 0 aliphatic carbocycles. The van der Waals surface area contributed by atoms with Gasteiger partial charge in [-0.2, -0.15) is 18.2 Å². The molecule has 182 valence electrons. The lowest BCUT2D eigenvalue weighted by Gasteiger charge is -2.15. The van der Waals surface area contributed by atoms with Crippen molar-refractivity contribution >= 4 is 39.9 Å². The number of nitrogens with zero attached hydrogens (tertiary/aromatic N) is 4. The zero-order valence-corrected chi connectivity index (χ0v) is 19.4. The quantitative estimate of drug-likeness (QED) is 0.263. The van der Waals surface area contributed by atoms with Gasteiger partial charge in [0.05, 0.1) is 5.56 Å². The smallest absolute Gasteiger partial charge is 0.432 e. The summed E-state index contributed by atoms with van der Waals surface area (Å²) in [6.07, 6.45) is -2.04. The van der Waals surface area contributed by atoms with Gasteiger partial charge < -0.3 is 14.2 Å².